The number of nitrogens with two attached hydrogens (primary N) is 1. The first kappa shape index (κ1) is 14.3. The second-order valence-electron chi connectivity index (χ2n) is 7.10. The lowest BCUT2D eigenvalue weighted by molar-refractivity contribution is 0.0499. The van der Waals surface area contributed by atoms with Crippen molar-refractivity contribution in [3.8, 4) is 0 Å². The highest BCUT2D eigenvalue weighted by molar-refractivity contribution is 4.91. The Morgan fingerprint density at radius 1 is 1.06 bits per heavy atom. The van der Waals surface area contributed by atoms with Crippen LogP contribution in [-0.4, -0.2) is 30.1 Å². The molecule has 1 saturated carbocycles. The van der Waals surface area contributed by atoms with Gasteiger partial charge in [-0.2, -0.15) is 0 Å². The fourth-order valence-electron chi connectivity index (χ4n) is 4.33. The second-order valence-corrected chi connectivity index (χ2v) is 7.10. The molecule has 0 aromatic carbocycles. The molecule has 1 heterocycles. The molecule has 5 atom stereocenters. The SMILES string of the molecule is CCCC1CCC(N)C(N2CC(C)CC(C)C2)C1. The van der Waals surface area contributed by atoms with Crippen molar-refractivity contribution < 1.29 is 0 Å². The van der Waals surface area contributed by atoms with Gasteiger partial charge in [0.25, 0.3) is 0 Å². The van der Waals surface area contributed by atoms with Crippen LogP contribution in [0.25, 0.3) is 0 Å². The van der Waals surface area contributed by atoms with E-state index in [1.165, 1.54) is 51.6 Å². The van der Waals surface area contributed by atoms with Gasteiger partial charge in [0, 0.05) is 25.2 Å². The van der Waals surface area contributed by atoms with Crippen LogP contribution in [0, 0.1) is 17.8 Å². The van der Waals surface area contributed by atoms with Crippen LogP contribution < -0.4 is 5.73 Å². The number of piperidine rings is 1. The van der Waals surface area contributed by atoms with Gasteiger partial charge in [0.1, 0.15) is 0 Å². The van der Waals surface area contributed by atoms with Crippen LogP contribution in [-0.2, 0) is 0 Å². The summed E-state index contributed by atoms with van der Waals surface area (Å²) in [7, 11) is 0. The second kappa shape index (κ2) is 6.38. The summed E-state index contributed by atoms with van der Waals surface area (Å²) >= 11 is 0. The molecule has 2 heteroatoms. The smallest absolute Gasteiger partial charge is 0.0250 e. The van der Waals surface area contributed by atoms with E-state index < -0.39 is 0 Å². The van der Waals surface area contributed by atoms with Crippen LogP contribution in [0.2, 0.25) is 0 Å². The molecule has 0 amide bonds. The molecule has 5 unspecified atom stereocenters. The summed E-state index contributed by atoms with van der Waals surface area (Å²) in [6, 6.07) is 1.09. The Hall–Kier alpha value is -0.0800. The van der Waals surface area contributed by atoms with Crippen molar-refractivity contribution in [1.29, 1.82) is 0 Å². The largest absolute Gasteiger partial charge is 0.326 e. The molecule has 1 aliphatic heterocycles. The van der Waals surface area contributed by atoms with Gasteiger partial charge in [-0.25, -0.2) is 0 Å². The normalized spacial score (nSPS) is 43.0. The molecule has 2 fully saturated rings. The van der Waals surface area contributed by atoms with Gasteiger partial charge in [-0.1, -0.05) is 33.6 Å². The minimum Gasteiger partial charge on any atom is -0.326 e. The zero-order valence-corrected chi connectivity index (χ0v) is 12.6. The van der Waals surface area contributed by atoms with Crippen molar-refractivity contribution in [2.45, 2.75) is 71.4 Å². The summed E-state index contributed by atoms with van der Waals surface area (Å²) in [4.78, 5) is 2.73. The van der Waals surface area contributed by atoms with Crippen LogP contribution in [0.15, 0.2) is 0 Å². The summed E-state index contributed by atoms with van der Waals surface area (Å²) in [5, 5.41) is 0. The van der Waals surface area contributed by atoms with Gasteiger partial charge in [-0.3, -0.25) is 4.90 Å². The van der Waals surface area contributed by atoms with Gasteiger partial charge in [-0.15, -0.1) is 0 Å². The molecule has 0 radical (unpaired) electrons. The van der Waals surface area contributed by atoms with Crippen molar-refractivity contribution in [1.82, 2.24) is 4.90 Å². The van der Waals surface area contributed by atoms with E-state index in [0.717, 1.165) is 17.8 Å². The summed E-state index contributed by atoms with van der Waals surface area (Å²) in [6.07, 6.45) is 8.10. The first-order chi connectivity index (χ1) is 8.60. The van der Waals surface area contributed by atoms with Gasteiger partial charge in [-0.05, 0) is 43.4 Å². The fraction of sp³-hybridized carbons (Fsp3) is 1.00. The van der Waals surface area contributed by atoms with Crippen LogP contribution in [0.3, 0.4) is 0 Å². The highest BCUT2D eigenvalue weighted by Crippen LogP contribution is 2.33. The Balaban J connectivity index is 1.96. The average Bonchev–Trinajstić information content (AvgIpc) is 2.30. The van der Waals surface area contributed by atoms with Crippen LogP contribution in [0.4, 0.5) is 0 Å². The Kier molecular flexibility index (Phi) is 5.08. The third kappa shape index (κ3) is 3.48. The monoisotopic (exact) mass is 252 g/mol. The Morgan fingerprint density at radius 2 is 1.72 bits per heavy atom. The van der Waals surface area contributed by atoms with Gasteiger partial charge < -0.3 is 5.73 Å². The first-order valence-electron chi connectivity index (χ1n) is 8.09. The molecule has 18 heavy (non-hydrogen) atoms. The molecular weight excluding hydrogens is 220 g/mol. The molecule has 0 bridgehead atoms. The first-order valence-corrected chi connectivity index (χ1v) is 8.09. The van der Waals surface area contributed by atoms with E-state index >= 15 is 0 Å². The number of hydrogen-bond acceptors (Lipinski definition) is 2. The topological polar surface area (TPSA) is 29.3 Å². The minimum absolute atomic E-state index is 0.426. The molecule has 0 aromatic rings. The van der Waals surface area contributed by atoms with E-state index in [9.17, 15) is 0 Å². The maximum atomic E-state index is 6.42. The molecule has 0 aromatic heterocycles. The molecule has 2 N–H and O–H groups in total. The summed E-state index contributed by atoms with van der Waals surface area (Å²) in [5.41, 5.74) is 6.42. The van der Waals surface area contributed by atoms with Gasteiger partial charge in [0.05, 0.1) is 0 Å². The predicted molar refractivity (Wildman–Crippen MR) is 78.5 cm³/mol. The molecule has 2 nitrogen and oxygen atoms in total. The summed E-state index contributed by atoms with van der Waals surface area (Å²) in [5.74, 6) is 2.65. The summed E-state index contributed by atoms with van der Waals surface area (Å²) in [6.45, 7) is 9.68. The third-order valence-electron chi connectivity index (χ3n) is 5.04. The standard InChI is InChI=1S/C16H32N2/c1-4-5-14-6-7-15(17)16(9-14)18-10-12(2)8-13(3)11-18/h12-16H,4-11,17H2,1-3H3. The lowest BCUT2D eigenvalue weighted by atomic mass is 9.78. The van der Waals surface area contributed by atoms with Crippen molar-refractivity contribution in [2.75, 3.05) is 13.1 Å². The maximum absolute atomic E-state index is 6.42. The maximum Gasteiger partial charge on any atom is 0.0250 e. The quantitative estimate of drug-likeness (QED) is 0.835. The van der Waals surface area contributed by atoms with Gasteiger partial charge in [0.15, 0.2) is 0 Å². The molecule has 106 valence electrons. The number of rotatable bonds is 3. The van der Waals surface area contributed by atoms with E-state index in [2.05, 4.69) is 25.7 Å². The van der Waals surface area contributed by atoms with Gasteiger partial charge >= 0.3 is 0 Å². The lowest BCUT2D eigenvalue weighted by Gasteiger charge is -2.46. The zero-order chi connectivity index (χ0) is 13.1. The van der Waals surface area contributed by atoms with Crippen LogP contribution >= 0.6 is 0 Å². The van der Waals surface area contributed by atoms with E-state index in [-0.39, 0.29) is 0 Å². The highest BCUT2D eigenvalue weighted by atomic mass is 15.2. The van der Waals surface area contributed by atoms with Crippen molar-refractivity contribution in [3.63, 3.8) is 0 Å². The average molecular weight is 252 g/mol. The summed E-state index contributed by atoms with van der Waals surface area (Å²) < 4.78 is 0. The molecule has 1 saturated heterocycles. The van der Waals surface area contributed by atoms with Gasteiger partial charge in [0.2, 0.25) is 0 Å². The number of hydrogen-bond donors (Lipinski definition) is 1. The van der Waals surface area contributed by atoms with E-state index in [0.29, 0.717) is 12.1 Å². The molecule has 2 aliphatic rings. The Labute approximate surface area is 113 Å². The molecular formula is C16H32N2. The molecule has 1 aliphatic carbocycles. The third-order valence-corrected chi connectivity index (χ3v) is 5.04. The van der Waals surface area contributed by atoms with Crippen molar-refractivity contribution >= 4 is 0 Å². The van der Waals surface area contributed by atoms with Crippen molar-refractivity contribution in [3.05, 3.63) is 0 Å². The fourth-order valence-corrected chi connectivity index (χ4v) is 4.33. The minimum atomic E-state index is 0.426. The zero-order valence-electron chi connectivity index (χ0n) is 12.6. The Bertz CT molecular complexity index is 243. The van der Waals surface area contributed by atoms with Crippen LogP contribution in [0.1, 0.15) is 59.3 Å². The van der Waals surface area contributed by atoms with E-state index in [4.69, 9.17) is 5.73 Å². The lowest BCUT2D eigenvalue weighted by Crippen LogP contribution is -2.55. The Morgan fingerprint density at radius 3 is 2.33 bits per heavy atom. The van der Waals surface area contributed by atoms with Crippen LogP contribution in [0.5, 0.6) is 0 Å². The molecule has 2 rings (SSSR count). The number of likely N-dealkylation sites (tertiary alicyclic amines) is 1. The molecule has 0 spiro atoms. The highest BCUT2D eigenvalue weighted by Gasteiger charge is 2.35. The number of nitrogens with zero attached hydrogens (tertiary/aromatic N) is 1. The van der Waals surface area contributed by atoms with Crippen molar-refractivity contribution in [2.24, 2.45) is 23.5 Å². The van der Waals surface area contributed by atoms with E-state index in [1.54, 1.807) is 0 Å². The van der Waals surface area contributed by atoms with E-state index in [1.807, 2.05) is 0 Å². The predicted octanol–water partition coefficient (Wildman–Crippen LogP) is 3.26.